The van der Waals surface area contributed by atoms with E-state index in [4.69, 9.17) is 23.8 Å². The summed E-state index contributed by atoms with van der Waals surface area (Å²) in [6.45, 7) is 6.63. The molecule has 1 atom stereocenters. The van der Waals surface area contributed by atoms with Gasteiger partial charge in [-0.25, -0.2) is 0 Å². The van der Waals surface area contributed by atoms with Gasteiger partial charge in [0.05, 0.1) is 9.95 Å². The molecule has 2 heterocycles. The van der Waals surface area contributed by atoms with Crippen molar-refractivity contribution in [3.05, 3.63) is 68.0 Å². The lowest BCUT2D eigenvalue weighted by Crippen LogP contribution is -2.51. The number of nitrogens with zero attached hydrogens (tertiary/aromatic N) is 3. The number of carbonyl (C=O) groups is 1. The van der Waals surface area contributed by atoms with Gasteiger partial charge >= 0.3 is 0 Å². The summed E-state index contributed by atoms with van der Waals surface area (Å²) >= 11 is 13.3. The number of halogens is 1. The smallest absolute Gasteiger partial charge is 0.270 e. The molecule has 10 heteroatoms. The van der Waals surface area contributed by atoms with Gasteiger partial charge in [0.1, 0.15) is 4.88 Å². The van der Waals surface area contributed by atoms with Gasteiger partial charge in [-0.15, -0.1) is 11.3 Å². The predicted octanol–water partition coefficient (Wildman–Crippen LogP) is 6.13. The summed E-state index contributed by atoms with van der Waals surface area (Å²) in [5.41, 5.74) is 2.23. The molecule has 1 N–H and O–H groups in total. The van der Waals surface area contributed by atoms with Crippen LogP contribution in [0.15, 0.2) is 42.5 Å². The van der Waals surface area contributed by atoms with Crippen molar-refractivity contribution in [3.63, 3.8) is 0 Å². The average molecular weight is 517 g/mol. The molecule has 1 aliphatic heterocycles. The first-order valence-corrected chi connectivity index (χ1v) is 12.7. The lowest BCUT2D eigenvalue weighted by Gasteiger charge is -2.36. The number of non-ortho nitro benzene ring substituents is 1. The van der Waals surface area contributed by atoms with Crippen LogP contribution in [0.4, 0.5) is 11.4 Å². The van der Waals surface area contributed by atoms with Crippen LogP contribution in [-0.2, 0) is 0 Å². The molecule has 1 amide bonds. The van der Waals surface area contributed by atoms with E-state index in [1.165, 1.54) is 29.0 Å². The molecule has 34 heavy (non-hydrogen) atoms. The molecule has 1 aliphatic rings. The van der Waals surface area contributed by atoms with Gasteiger partial charge in [0, 0.05) is 54.1 Å². The second-order valence-electron chi connectivity index (χ2n) is 8.32. The average Bonchev–Trinajstić information content (AvgIpc) is 3.19. The van der Waals surface area contributed by atoms with Crippen molar-refractivity contribution in [1.82, 2.24) is 9.80 Å². The van der Waals surface area contributed by atoms with Gasteiger partial charge < -0.3 is 15.1 Å². The summed E-state index contributed by atoms with van der Waals surface area (Å²) in [5.74, 6) is 0.365. The fourth-order valence-electron chi connectivity index (χ4n) is 3.89. The maximum Gasteiger partial charge on any atom is 0.270 e. The van der Waals surface area contributed by atoms with Crippen LogP contribution in [0.5, 0.6) is 0 Å². The molecule has 4 rings (SSSR count). The van der Waals surface area contributed by atoms with E-state index >= 15 is 0 Å². The zero-order valence-corrected chi connectivity index (χ0v) is 21.3. The van der Waals surface area contributed by atoms with Crippen LogP contribution >= 0.6 is 35.2 Å². The van der Waals surface area contributed by atoms with Gasteiger partial charge in [-0.05, 0) is 48.3 Å². The van der Waals surface area contributed by atoms with Crippen LogP contribution in [-0.4, -0.2) is 51.9 Å². The molecule has 178 valence electrons. The van der Waals surface area contributed by atoms with E-state index in [0.29, 0.717) is 57.2 Å². The zero-order chi connectivity index (χ0) is 24.4. The Bertz CT molecular complexity index is 1240. The van der Waals surface area contributed by atoms with Crippen LogP contribution in [0.1, 0.15) is 41.4 Å². The van der Waals surface area contributed by atoms with Crippen molar-refractivity contribution in [2.45, 2.75) is 26.2 Å². The van der Waals surface area contributed by atoms with E-state index in [0.717, 1.165) is 12.1 Å². The molecule has 0 bridgehead atoms. The summed E-state index contributed by atoms with van der Waals surface area (Å²) in [5, 5.41) is 16.0. The Balaban J connectivity index is 1.37. The molecule has 2 aromatic carbocycles. The maximum absolute atomic E-state index is 13.1. The quantitative estimate of drug-likeness (QED) is 0.249. The third-order valence-corrected chi connectivity index (χ3v) is 8.22. The number of thiophene rings is 1. The highest BCUT2D eigenvalue weighted by molar-refractivity contribution is 7.80. The molecular formula is C24H25ClN4O3S2. The van der Waals surface area contributed by atoms with Gasteiger partial charge in [0.2, 0.25) is 0 Å². The second-order valence-corrected chi connectivity index (χ2v) is 10.1. The highest BCUT2D eigenvalue weighted by Gasteiger charge is 2.27. The molecule has 0 spiro atoms. The minimum absolute atomic E-state index is 0.0199. The molecule has 0 aliphatic carbocycles. The highest BCUT2D eigenvalue weighted by atomic mass is 35.5. The molecule has 1 unspecified atom stereocenters. The SMILES string of the molecule is CCC(C)c1ccc(NC(=S)N2CCN(C(=O)c3sc4cc([N+](=O)[O-])ccc4c3Cl)CC2)cc1. The van der Waals surface area contributed by atoms with Crippen molar-refractivity contribution in [2.24, 2.45) is 0 Å². The number of rotatable bonds is 5. The predicted molar refractivity (Wildman–Crippen MR) is 142 cm³/mol. The standard InChI is InChI=1S/C24H25ClN4O3S2/c1-3-15(2)16-4-6-17(7-5-16)26-24(33)28-12-10-27(11-13-28)23(30)22-21(25)19-9-8-18(29(31)32)14-20(19)34-22/h4-9,14-15H,3,10-13H2,1-2H3,(H,26,33). The Kier molecular flexibility index (Phi) is 7.35. The molecule has 1 saturated heterocycles. The summed E-state index contributed by atoms with van der Waals surface area (Å²) in [6, 6.07) is 12.8. The summed E-state index contributed by atoms with van der Waals surface area (Å²) < 4.78 is 0.630. The molecular weight excluding hydrogens is 492 g/mol. The monoisotopic (exact) mass is 516 g/mol. The molecule has 3 aromatic rings. The number of nitro groups is 1. The fourth-order valence-corrected chi connectivity index (χ4v) is 5.71. The van der Waals surface area contributed by atoms with Gasteiger partial charge in [0.15, 0.2) is 5.11 Å². The third kappa shape index (κ3) is 5.01. The number of fused-ring (bicyclic) bond motifs is 1. The number of nitro benzene ring substituents is 1. The molecule has 1 aromatic heterocycles. The van der Waals surface area contributed by atoms with Crippen LogP contribution in [0.2, 0.25) is 5.02 Å². The van der Waals surface area contributed by atoms with E-state index in [1.807, 2.05) is 12.1 Å². The Morgan fingerprint density at radius 3 is 2.44 bits per heavy atom. The number of carbonyl (C=O) groups excluding carboxylic acids is 1. The summed E-state index contributed by atoms with van der Waals surface area (Å²) in [7, 11) is 0. The van der Waals surface area contributed by atoms with Crippen molar-refractivity contribution < 1.29 is 9.72 Å². The number of piperazine rings is 1. The normalized spacial score (nSPS) is 14.8. The van der Waals surface area contributed by atoms with Gasteiger partial charge in [-0.3, -0.25) is 14.9 Å². The first-order valence-electron chi connectivity index (χ1n) is 11.1. The minimum Gasteiger partial charge on any atom is -0.345 e. The Labute approximate surface area is 212 Å². The topological polar surface area (TPSA) is 78.7 Å². The second kappa shape index (κ2) is 10.2. The molecule has 0 radical (unpaired) electrons. The fraction of sp³-hybridized carbons (Fsp3) is 0.333. The van der Waals surface area contributed by atoms with Crippen LogP contribution in [0.25, 0.3) is 10.1 Å². The highest BCUT2D eigenvalue weighted by Crippen LogP contribution is 2.38. The largest absolute Gasteiger partial charge is 0.345 e. The van der Waals surface area contributed by atoms with E-state index in [-0.39, 0.29) is 11.6 Å². The van der Waals surface area contributed by atoms with Gasteiger partial charge in [0.25, 0.3) is 11.6 Å². The van der Waals surface area contributed by atoms with Crippen molar-refractivity contribution >= 4 is 67.6 Å². The van der Waals surface area contributed by atoms with E-state index in [2.05, 4.69) is 36.2 Å². The first-order chi connectivity index (χ1) is 16.3. The number of hydrogen-bond acceptors (Lipinski definition) is 5. The van der Waals surface area contributed by atoms with Gasteiger partial charge in [-0.1, -0.05) is 37.6 Å². The molecule has 7 nitrogen and oxygen atoms in total. The molecule has 0 saturated carbocycles. The van der Waals surface area contributed by atoms with Crippen LogP contribution < -0.4 is 5.32 Å². The van der Waals surface area contributed by atoms with Crippen molar-refractivity contribution in [1.29, 1.82) is 0 Å². The first kappa shape index (κ1) is 24.4. The lowest BCUT2D eigenvalue weighted by atomic mass is 9.99. The minimum atomic E-state index is -0.454. The lowest BCUT2D eigenvalue weighted by molar-refractivity contribution is -0.384. The number of amides is 1. The number of anilines is 1. The van der Waals surface area contributed by atoms with Crippen LogP contribution in [0, 0.1) is 10.1 Å². The van der Waals surface area contributed by atoms with E-state index in [1.54, 1.807) is 11.0 Å². The molecule has 1 fully saturated rings. The summed E-state index contributed by atoms with van der Waals surface area (Å²) in [6.07, 6.45) is 1.10. The number of thiocarbonyl (C=S) groups is 1. The Hall–Kier alpha value is -2.75. The maximum atomic E-state index is 13.1. The number of benzene rings is 2. The van der Waals surface area contributed by atoms with E-state index < -0.39 is 4.92 Å². The van der Waals surface area contributed by atoms with Crippen molar-refractivity contribution in [3.8, 4) is 0 Å². The Morgan fingerprint density at radius 2 is 1.82 bits per heavy atom. The Morgan fingerprint density at radius 1 is 1.18 bits per heavy atom. The van der Waals surface area contributed by atoms with Gasteiger partial charge in [-0.2, -0.15) is 0 Å². The number of hydrogen-bond donors (Lipinski definition) is 1. The van der Waals surface area contributed by atoms with E-state index in [9.17, 15) is 14.9 Å². The summed E-state index contributed by atoms with van der Waals surface area (Å²) in [4.78, 5) is 28.0. The van der Waals surface area contributed by atoms with Crippen LogP contribution in [0.3, 0.4) is 0 Å². The number of nitrogens with one attached hydrogen (secondary N) is 1. The zero-order valence-electron chi connectivity index (χ0n) is 18.9. The third-order valence-electron chi connectivity index (χ3n) is 6.22. The van der Waals surface area contributed by atoms with Crippen molar-refractivity contribution in [2.75, 3.05) is 31.5 Å².